The molecule has 374 valence electrons. The highest BCUT2D eigenvalue weighted by Gasteiger charge is 2.52. The minimum Gasteiger partial charge on any atom is -0.489 e. The van der Waals surface area contributed by atoms with Crippen LogP contribution < -0.4 is 20.7 Å². The normalized spacial score (nSPS) is 17.8. The van der Waals surface area contributed by atoms with E-state index in [0.29, 0.717) is 41.1 Å². The van der Waals surface area contributed by atoms with Gasteiger partial charge in [0.25, 0.3) is 17.9 Å². The molecule has 4 amide bonds. The smallest absolute Gasteiger partial charge is 0.413 e. The Bertz CT molecular complexity index is 2670. The van der Waals surface area contributed by atoms with Crippen LogP contribution in [0.1, 0.15) is 88.3 Å². The predicted molar refractivity (Wildman–Crippen MR) is 257 cm³/mol. The first-order chi connectivity index (χ1) is 32.9. The Kier molecular flexibility index (Phi) is 16.2. The summed E-state index contributed by atoms with van der Waals surface area (Å²) < 4.78 is 56.5. The van der Waals surface area contributed by atoms with Gasteiger partial charge in [-0.1, -0.05) is 65.8 Å². The predicted octanol–water partition coefficient (Wildman–Crippen LogP) is 5.74. The topological polar surface area (TPSA) is 278 Å². The number of thiazole rings is 1. The first-order valence-corrected chi connectivity index (χ1v) is 24.3. The van der Waals surface area contributed by atoms with E-state index in [9.17, 15) is 36.9 Å². The van der Waals surface area contributed by atoms with Gasteiger partial charge in [0.15, 0.2) is 16.9 Å². The highest BCUT2D eigenvalue weighted by molar-refractivity contribution is 7.84. The summed E-state index contributed by atoms with van der Waals surface area (Å²) >= 11 is 0.941. The van der Waals surface area contributed by atoms with Crippen LogP contribution in [-0.4, -0.2) is 124 Å². The molecule has 6 rings (SSSR count). The van der Waals surface area contributed by atoms with Crippen LogP contribution in [0.3, 0.4) is 0 Å². The Hall–Kier alpha value is -7.11. The Labute approximate surface area is 409 Å². The van der Waals surface area contributed by atoms with Crippen LogP contribution in [-0.2, 0) is 43.7 Å². The third kappa shape index (κ3) is 13.8. The maximum absolute atomic E-state index is 14.4. The van der Waals surface area contributed by atoms with Crippen LogP contribution >= 0.6 is 11.3 Å². The number of carbonyl (C=O) groups is 5. The fraction of sp³-hybridized carbons (Fsp3) is 0.404. The number of rotatable bonds is 16. The molecule has 1 aromatic heterocycles. The maximum atomic E-state index is 14.4. The van der Waals surface area contributed by atoms with E-state index in [1.165, 1.54) is 6.92 Å². The van der Waals surface area contributed by atoms with Crippen LogP contribution in [0.15, 0.2) is 90.1 Å². The van der Waals surface area contributed by atoms with E-state index < -0.39 is 88.1 Å². The van der Waals surface area contributed by atoms with Crippen molar-refractivity contribution in [1.29, 1.82) is 5.41 Å². The Morgan fingerprint density at radius 3 is 2.07 bits per heavy atom. The van der Waals surface area contributed by atoms with Crippen molar-refractivity contribution in [3.05, 3.63) is 112 Å². The van der Waals surface area contributed by atoms with E-state index in [0.717, 1.165) is 11.3 Å². The molecule has 0 unspecified atom stereocenters. The van der Waals surface area contributed by atoms with Gasteiger partial charge >= 0.3 is 28.5 Å². The van der Waals surface area contributed by atoms with E-state index in [1.807, 2.05) is 0 Å². The van der Waals surface area contributed by atoms with E-state index in [-0.39, 0.29) is 32.8 Å². The van der Waals surface area contributed by atoms with Crippen molar-refractivity contribution in [2.75, 3.05) is 25.0 Å². The number of nitrogens with one attached hydrogen (secondary N) is 4. The van der Waals surface area contributed by atoms with Gasteiger partial charge in [-0.3, -0.25) is 24.9 Å². The van der Waals surface area contributed by atoms with E-state index in [2.05, 4.69) is 26.1 Å². The number of hydrogen-bond acceptors (Lipinski definition) is 16. The number of anilines is 1. The maximum Gasteiger partial charge on any atom is 0.413 e. The number of carbonyl (C=O) groups excluding carboxylic acids is 5. The van der Waals surface area contributed by atoms with Crippen molar-refractivity contribution in [2.24, 2.45) is 5.16 Å². The van der Waals surface area contributed by atoms with Crippen LogP contribution in [0.4, 0.5) is 14.7 Å². The Balaban J connectivity index is 1.27. The number of aryl methyl sites for hydroxylation is 1. The molecule has 2 aliphatic heterocycles. The molecular formula is C47H56N8O13S2. The van der Waals surface area contributed by atoms with Gasteiger partial charge in [0.2, 0.25) is 0 Å². The van der Waals surface area contributed by atoms with Gasteiger partial charge in [0.05, 0.1) is 6.04 Å². The van der Waals surface area contributed by atoms with E-state index in [4.69, 9.17) is 29.2 Å². The van der Waals surface area contributed by atoms with E-state index >= 15 is 0 Å². The molecule has 70 heavy (non-hydrogen) atoms. The lowest BCUT2D eigenvalue weighted by atomic mass is 10.0. The van der Waals surface area contributed by atoms with Crippen LogP contribution in [0.25, 0.3) is 0 Å². The first-order valence-electron chi connectivity index (χ1n) is 22.1. The SMILES string of the molecule is Cc1sc(NC(=O)OC(C)(C)C)nc1/C(=N/O[C@@H](COc1ccc(C(=N)N[C@@H]2CCN(C(=O)OC(C)(C)C)C2)cc1)C(=O)OC(c1ccccc1)c1ccccc1)C(=O)N[C@@H]1C(=O)N(S(=O)(=O)O)[C@H]1C. The molecule has 2 saturated heterocycles. The molecule has 5 N–H and O–H groups in total. The second kappa shape index (κ2) is 21.7. The summed E-state index contributed by atoms with van der Waals surface area (Å²) in [4.78, 5) is 78.8. The fourth-order valence-electron chi connectivity index (χ4n) is 7.15. The summed E-state index contributed by atoms with van der Waals surface area (Å²) in [7, 11) is -4.95. The zero-order valence-electron chi connectivity index (χ0n) is 39.7. The van der Waals surface area contributed by atoms with Crippen molar-refractivity contribution in [3.8, 4) is 5.75 Å². The number of ether oxygens (including phenoxy) is 4. The van der Waals surface area contributed by atoms with Crippen molar-refractivity contribution >= 4 is 68.3 Å². The van der Waals surface area contributed by atoms with E-state index in [1.54, 1.807) is 138 Å². The van der Waals surface area contributed by atoms with Gasteiger partial charge in [0.1, 0.15) is 41.1 Å². The standard InChI is InChI=1S/C47H56N8O13S2/c1-27-35(41(57)55(27)70(61,62)63)50-40(56)37(36-28(2)69-43(51-36)52-44(59)66-46(3,4)5)53-68-34(42(58)65-38(29-15-11-9-12-16-29)30-17-13-10-14-18-30)26-64-33-21-19-31(20-22-33)39(48)49-32-23-24-54(25-32)45(60)67-47(6,7)8/h9-22,27,32,34-35,38H,23-26H2,1-8H3,(H2,48,49)(H,50,56)(H,51,52,59)(H,61,62,63)/b53-37-/t27-,32+,34-,35-/m0/s1. The highest BCUT2D eigenvalue weighted by atomic mass is 32.2. The third-order valence-corrected chi connectivity index (χ3v) is 12.3. The summed E-state index contributed by atoms with van der Waals surface area (Å²) in [5, 5.41) is 20.9. The number of amidine groups is 1. The number of oxime groups is 1. The summed E-state index contributed by atoms with van der Waals surface area (Å²) in [6.07, 6.45) is -3.31. The fourth-order valence-corrected chi connectivity index (χ4v) is 8.83. The molecule has 3 aromatic carbocycles. The third-order valence-electron chi connectivity index (χ3n) is 10.4. The van der Waals surface area contributed by atoms with Crippen molar-refractivity contribution < 1.29 is 60.7 Å². The molecule has 21 nitrogen and oxygen atoms in total. The van der Waals surface area contributed by atoms with Gasteiger partial charge in [-0.05, 0) is 97.2 Å². The van der Waals surface area contributed by atoms with Gasteiger partial charge in [-0.15, -0.1) is 11.3 Å². The molecule has 2 fully saturated rings. The summed E-state index contributed by atoms with van der Waals surface area (Å²) in [5.41, 5.74) is -0.509. The zero-order valence-corrected chi connectivity index (χ0v) is 41.4. The quantitative estimate of drug-likeness (QED) is 0.0170. The first kappa shape index (κ1) is 52.3. The molecule has 4 aromatic rings. The Morgan fingerprint density at radius 2 is 1.51 bits per heavy atom. The van der Waals surface area contributed by atoms with Crippen LogP contribution in [0.5, 0.6) is 5.75 Å². The number of amides is 4. The monoisotopic (exact) mass is 1000 g/mol. The van der Waals surface area contributed by atoms with Crippen molar-refractivity contribution in [2.45, 2.75) is 103 Å². The lowest BCUT2D eigenvalue weighted by Gasteiger charge is -2.42. The number of β-lactam (4-membered cyclic amide) rings is 1. The minimum atomic E-state index is -4.95. The summed E-state index contributed by atoms with van der Waals surface area (Å²) in [6, 6.07) is 21.4. The summed E-state index contributed by atoms with van der Waals surface area (Å²) in [5.74, 6) is -2.86. The zero-order chi connectivity index (χ0) is 51.1. The Morgan fingerprint density at radius 1 is 0.914 bits per heavy atom. The second-order valence-electron chi connectivity index (χ2n) is 18.3. The lowest BCUT2D eigenvalue weighted by molar-refractivity contribution is -0.163. The average molecular weight is 1010 g/mol. The molecular weight excluding hydrogens is 949 g/mol. The van der Waals surface area contributed by atoms with Gasteiger partial charge in [0, 0.05) is 29.6 Å². The van der Waals surface area contributed by atoms with Crippen molar-refractivity contribution in [3.63, 3.8) is 0 Å². The molecule has 4 atom stereocenters. The van der Waals surface area contributed by atoms with Gasteiger partial charge in [-0.2, -0.15) is 8.42 Å². The molecule has 0 saturated carbocycles. The number of benzene rings is 3. The van der Waals surface area contributed by atoms with Crippen LogP contribution in [0.2, 0.25) is 0 Å². The number of hydrogen-bond donors (Lipinski definition) is 5. The minimum absolute atomic E-state index is 0.0153. The molecule has 0 bridgehead atoms. The lowest BCUT2D eigenvalue weighted by Crippen LogP contribution is -2.71. The summed E-state index contributed by atoms with van der Waals surface area (Å²) in [6.45, 7) is 13.5. The largest absolute Gasteiger partial charge is 0.489 e. The number of likely N-dealkylation sites (tertiary alicyclic amines) is 1. The van der Waals surface area contributed by atoms with Crippen molar-refractivity contribution in [1.82, 2.24) is 24.8 Å². The molecule has 23 heteroatoms. The number of nitrogens with zero attached hydrogens (tertiary/aromatic N) is 4. The molecule has 2 aliphatic rings. The molecule has 0 aliphatic carbocycles. The average Bonchev–Trinajstić information content (AvgIpc) is 3.90. The highest BCUT2D eigenvalue weighted by Crippen LogP contribution is 2.29. The number of esters is 1. The molecule has 0 spiro atoms. The number of aromatic nitrogens is 1. The van der Waals surface area contributed by atoms with Crippen LogP contribution in [0, 0.1) is 12.3 Å². The molecule has 3 heterocycles. The second-order valence-corrected chi connectivity index (χ2v) is 20.8. The van der Waals surface area contributed by atoms with Gasteiger partial charge in [-0.25, -0.2) is 23.7 Å². The molecule has 0 radical (unpaired) electrons. The van der Waals surface area contributed by atoms with Gasteiger partial charge < -0.3 is 39.3 Å².